The van der Waals surface area contributed by atoms with Crippen LogP contribution in [0.5, 0.6) is 11.5 Å². The number of carbonyl (C=O) groups is 1. The Morgan fingerprint density at radius 2 is 2.00 bits per heavy atom. The molecule has 2 aromatic rings. The van der Waals surface area contributed by atoms with Gasteiger partial charge in [0, 0.05) is 17.6 Å². The Balaban J connectivity index is 1.42. The lowest BCUT2D eigenvalue weighted by Gasteiger charge is -2.11. The Morgan fingerprint density at radius 1 is 1.19 bits per heavy atom. The molecule has 6 nitrogen and oxygen atoms in total. The first kappa shape index (κ1) is 19.0. The number of rotatable bonds is 4. The van der Waals surface area contributed by atoms with E-state index in [9.17, 15) is 4.79 Å². The maximum absolute atomic E-state index is 11.9. The lowest BCUT2D eigenvalue weighted by molar-refractivity contribution is -0.116. The predicted octanol–water partition coefficient (Wildman–Crippen LogP) is 3.09. The Labute approximate surface area is 167 Å². The number of nitrogens with one attached hydrogen (secondary N) is 3. The quantitative estimate of drug-likeness (QED) is 0.414. The summed E-state index contributed by atoms with van der Waals surface area (Å²) in [6.07, 6.45) is 3.07. The maximum atomic E-state index is 11.9. The molecule has 0 fully saturated rings. The molecule has 140 valence electrons. The first-order valence-electron chi connectivity index (χ1n) is 8.18. The summed E-state index contributed by atoms with van der Waals surface area (Å²) in [5.74, 6) is 1.11. The van der Waals surface area contributed by atoms with Crippen molar-refractivity contribution in [2.75, 3.05) is 6.79 Å². The fraction of sp³-hybridized carbons (Fsp3) is 0.158. The molecule has 0 saturated carbocycles. The Morgan fingerprint density at radius 3 is 2.81 bits per heavy atom. The van der Waals surface area contributed by atoms with Gasteiger partial charge < -0.3 is 14.8 Å². The largest absolute Gasteiger partial charge is 0.454 e. The second kappa shape index (κ2) is 8.75. The molecule has 2 aromatic carbocycles. The SMILES string of the molecule is Cc1ccc(/C=C/C(=O)NNC(=S)NCc2ccc3c(c2)OCO3)cc1Cl. The number of carbonyl (C=O) groups excluding carboxylic acids is 1. The second-order valence-electron chi connectivity index (χ2n) is 5.83. The number of hydrogen-bond acceptors (Lipinski definition) is 4. The van der Waals surface area contributed by atoms with Gasteiger partial charge in [-0.2, -0.15) is 0 Å². The van der Waals surface area contributed by atoms with Gasteiger partial charge in [0.2, 0.25) is 6.79 Å². The van der Waals surface area contributed by atoms with E-state index in [4.69, 9.17) is 33.3 Å². The summed E-state index contributed by atoms with van der Waals surface area (Å²) in [5, 5.41) is 3.96. The van der Waals surface area contributed by atoms with Gasteiger partial charge in [-0.15, -0.1) is 0 Å². The summed E-state index contributed by atoms with van der Waals surface area (Å²) in [6, 6.07) is 11.2. The van der Waals surface area contributed by atoms with Crippen LogP contribution in [0.2, 0.25) is 5.02 Å². The van der Waals surface area contributed by atoms with Crippen molar-refractivity contribution in [1.82, 2.24) is 16.2 Å². The monoisotopic (exact) mass is 403 g/mol. The number of halogens is 1. The summed E-state index contributed by atoms with van der Waals surface area (Å²) in [6.45, 7) is 2.64. The fourth-order valence-electron chi connectivity index (χ4n) is 2.32. The van der Waals surface area contributed by atoms with Gasteiger partial charge in [-0.1, -0.05) is 29.8 Å². The Kier molecular flexibility index (Phi) is 6.16. The molecule has 3 N–H and O–H groups in total. The number of aryl methyl sites for hydroxylation is 1. The van der Waals surface area contributed by atoms with Gasteiger partial charge >= 0.3 is 0 Å². The number of amides is 1. The molecule has 0 atom stereocenters. The van der Waals surface area contributed by atoms with Crippen molar-refractivity contribution < 1.29 is 14.3 Å². The van der Waals surface area contributed by atoms with Crippen LogP contribution in [0.3, 0.4) is 0 Å². The third kappa shape index (κ3) is 5.35. The van der Waals surface area contributed by atoms with Crippen LogP contribution >= 0.6 is 23.8 Å². The number of hydrogen-bond donors (Lipinski definition) is 3. The minimum Gasteiger partial charge on any atom is -0.454 e. The number of thiocarbonyl (C=S) groups is 1. The third-order valence-corrected chi connectivity index (χ3v) is 4.47. The molecule has 0 aliphatic carbocycles. The van der Waals surface area contributed by atoms with Gasteiger partial charge in [0.25, 0.3) is 5.91 Å². The highest BCUT2D eigenvalue weighted by Crippen LogP contribution is 2.32. The van der Waals surface area contributed by atoms with Gasteiger partial charge in [-0.3, -0.25) is 15.6 Å². The van der Waals surface area contributed by atoms with Crippen molar-refractivity contribution in [3.63, 3.8) is 0 Å². The molecule has 0 unspecified atom stereocenters. The second-order valence-corrected chi connectivity index (χ2v) is 6.64. The molecule has 1 aliphatic rings. The normalized spacial score (nSPS) is 12.1. The maximum Gasteiger partial charge on any atom is 0.262 e. The summed E-state index contributed by atoms with van der Waals surface area (Å²) in [5.41, 5.74) is 7.95. The highest BCUT2D eigenvalue weighted by Gasteiger charge is 2.13. The fourth-order valence-corrected chi connectivity index (χ4v) is 2.63. The van der Waals surface area contributed by atoms with Crippen LogP contribution in [-0.4, -0.2) is 17.8 Å². The van der Waals surface area contributed by atoms with E-state index >= 15 is 0 Å². The van der Waals surface area contributed by atoms with E-state index in [1.807, 2.05) is 37.3 Å². The molecule has 1 amide bonds. The molecule has 1 heterocycles. The summed E-state index contributed by atoms with van der Waals surface area (Å²) < 4.78 is 10.6. The van der Waals surface area contributed by atoms with Crippen LogP contribution in [-0.2, 0) is 11.3 Å². The van der Waals surface area contributed by atoms with E-state index in [0.29, 0.717) is 22.4 Å². The van der Waals surface area contributed by atoms with Gasteiger partial charge in [0.15, 0.2) is 16.6 Å². The minimum absolute atomic E-state index is 0.237. The van der Waals surface area contributed by atoms with Crippen molar-refractivity contribution in [2.45, 2.75) is 13.5 Å². The molecule has 0 saturated heterocycles. The summed E-state index contributed by atoms with van der Waals surface area (Å²) >= 11 is 11.2. The lowest BCUT2D eigenvalue weighted by atomic mass is 10.1. The lowest BCUT2D eigenvalue weighted by Crippen LogP contribution is -2.45. The summed E-state index contributed by atoms with van der Waals surface area (Å²) in [4.78, 5) is 11.9. The van der Waals surface area contributed by atoms with Crippen molar-refractivity contribution in [3.8, 4) is 11.5 Å². The zero-order valence-corrected chi connectivity index (χ0v) is 16.1. The van der Waals surface area contributed by atoms with Gasteiger partial charge in [-0.25, -0.2) is 0 Å². The molecule has 0 spiro atoms. The van der Waals surface area contributed by atoms with Gasteiger partial charge in [0.1, 0.15) is 0 Å². The zero-order valence-electron chi connectivity index (χ0n) is 14.5. The van der Waals surface area contributed by atoms with E-state index < -0.39 is 0 Å². The highest BCUT2D eigenvalue weighted by atomic mass is 35.5. The highest BCUT2D eigenvalue weighted by molar-refractivity contribution is 7.80. The van der Waals surface area contributed by atoms with Gasteiger partial charge in [0.05, 0.1) is 0 Å². The van der Waals surface area contributed by atoms with Crippen LogP contribution in [0.4, 0.5) is 0 Å². The minimum atomic E-state index is -0.334. The van der Waals surface area contributed by atoms with Crippen LogP contribution in [0.1, 0.15) is 16.7 Å². The smallest absolute Gasteiger partial charge is 0.262 e. The predicted molar refractivity (Wildman–Crippen MR) is 109 cm³/mol. The molecule has 0 bridgehead atoms. The number of ether oxygens (including phenoxy) is 2. The molecule has 0 aromatic heterocycles. The van der Waals surface area contributed by atoms with Crippen LogP contribution < -0.4 is 25.6 Å². The number of fused-ring (bicyclic) bond motifs is 1. The van der Waals surface area contributed by atoms with Crippen molar-refractivity contribution in [2.24, 2.45) is 0 Å². The molecule has 3 rings (SSSR count). The van der Waals surface area contributed by atoms with Crippen LogP contribution in [0.25, 0.3) is 6.08 Å². The van der Waals surface area contributed by atoms with Crippen molar-refractivity contribution in [1.29, 1.82) is 0 Å². The van der Waals surface area contributed by atoms with E-state index in [-0.39, 0.29) is 12.7 Å². The van der Waals surface area contributed by atoms with Gasteiger partial charge in [-0.05, 0) is 60.1 Å². The Bertz CT molecular complexity index is 902. The number of benzene rings is 2. The van der Waals surface area contributed by atoms with E-state index in [0.717, 1.165) is 22.4 Å². The first-order chi connectivity index (χ1) is 13.0. The van der Waals surface area contributed by atoms with Crippen LogP contribution in [0.15, 0.2) is 42.5 Å². The number of hydrazine groups is 1. The Hall–Kier alpha value is -2.77. The zero-order chi connectivity index (χ0) is 19.2. The third-order valence-electron chi connectivity index (χ3n) is 3.81. The molecular formula is C19H18ClN3O3S. The molecule has 0 radical (unpaired) electrons. The molecule has 1 aliphatic heterocycles. The van der Waals surface area contributed by atoms with E-state index in [1.165, 1.54) is 6.08 Å². The molecule has 27 heavy (non-hydrogen) atoms. The van der Waals surface area contributed by atoms with E-state index in [1.54, 1.807) is 12.1 Å². The molecular weight excluding hydrogens is 386 g/mol. The average molecular weight is 404 g/mol. The topological polar surface area (TPSA) is 71.6 Å². The van der Waals surface area contributed by atoms with E-state index in [2.05, 4.69) is 16.2 Å². The van der Waals surface area contributed by atoms with Crippen molar-refractivity contribution >= 4 is 40.9 Å². The average Bonchev–Trinajstić information content (AvgIpc) is 3.13. The summed E-state index contributed by atoms with van der Waals surface area (Å²) in [7, 11) is 0. The standard InChI is InChI=1S/C19H18ClN3O3S/c1-12-2-3-13(8-15(12)20)5-7-18(24)22-23-19(27)21-10-14-4-6-16-17(9-14)26-11-25-16/h2-9H,10-11H2,1H3,(H,22,24)(H2,21,23,27)/b7-5+. The van der Waals surface area contributed by atoms with Crippen LogP contribution in [0, 0.1) is 6.92 Å². The molecule has 8 heteroatoms. The first-order valence-corrected chi connectivity index (χ1v) is 8.96. The van der Waals surface area contributed by atoms with Crippen molar-refractivity contribution in [3.05, 3.63) is 64.2 Å².